The molecule has 0 spiro atoms. The fraction of sp³-hybridized carbons (Fsp3) is 0.185. The zero-order valence-corrected chi connectivity index (χ0v) is 22.4. The van der Waals surface area contributed by atoms with E-state index in [1.54, 1.807) is 58.9 Å². The zero-order chi connectivity index (χ0) is 25.7. The normalized spacial score (nSPS) is 9.78. The molecule has 0 aliphatic heterocycles. The minimum absolute atomic E-state index is 0. The van der Waals surface area contributed by atoms with Crippen LogP contribution in [-0.2, 0) is 21.7 Å². The van der Waals surface area contributed by atoms with Gasteiger partial charge in [0.05, 0.1) is 0 Å². The molecule has 0 saturated carbocycles. The molecule has 2 nitrogen and oxygen atoms in total. The van der Waals surface area contributed by atoms with Gasteiger partial charge in [-0.3, -0.25) is 0 Å². The molecule has 0 aliphatic rings. The number of hydrogen-bond acceptors (Lipinski definition) is 0. The van der Waals surface area contributed by atoms with Gasteiger partial charge in [-0.2, -0.15) is 6.92 Å². The number of aromatic nitrogens is 2. The van der Waals surface area contributed by atoms with Crippen molar-refractivity contribution in [1.82, 2.24) is 9.13 Å². The van der Waals surface area contributed by atoms with E-state index >= 15 is 0 Å². The van der Waals surface area contributed by atoms with Crippen LogP contribution in [0.25, 0.3) is 11.4 Å². The fourth-order valence-corrected chi connectivity index (χ4v) is 3.42. The van der Waals surface area contributed by atoms with Crippen molar-refractivity contribution in [1.29, 1.82) is 0 Å². The van der Waals surface area contributed by atoms with Crippen LogP contribution in [0.3, 0.4) is 0 Å². The Morgan fingerprint density at radius 3 is 1.06 bits per heavy atom. The Balaban J connectivity index is 0.000000605. The van der Waals surface area contributed by atoms with Gasteiger partial charge in [-0.1, -0.05) is 12.1 Å². The van der Waals surface area contributed by atoms with Crippen molar-refractivity contribution in [2.24, 2.45) is 0 Å². The van der Waals surface area contributed by atoms with Crippen molar-refractivity contribution in [3.63, 3.8) is 0 Å². The molecule has 4 aromatic rings. The number of nitrogens with zero attached hydrogens (tertiary/aromatic N) is 2. The van der Waals surface area contributed by atoms with Crippen molar-refractivity contribution in [3.05, 3.63) is 121 Å². The molecule has 0 unspecified atom stereocenters. The summed E-state index contributed by atoms with van der Waals surface area (Å²) in [5, 5.41) is 0. The Kier molecular flexibility index (Phi) is 13.1. The van der Waals surface area contributed by atoms with Crippen molar-refractivity contribution in [3.8, 4) is 11.4 Å². The van der Waals surface area contributed by atoms with E-state index in [4.69, 9.17) is 0 Å². The van der Waals surface area contributed by atoms with E-state index in [1.165, 1.54) is 9.13 Å². The van der Waals surface area contributed by atoms with E-state index in [2.05, 4.69) is 6.92 Å². The molecule has 0 fully saturated rings. The second-order valence-electron chi connectivity index (χ2n) is 7.16. The monoisotopic (exact) mass is 540 g/mol. The minimum atomic E-state index is -1.04. The smallest absolute Gasteiger partial charge is 0.367 e. The van der Waals surface area contributed by atoms with Crippen molar-refractivity contribution in [2.75, 3.05) is 0 Å². The summed E-state index contributed by atoms with van der Waals surface area (Å²) in [6, 6.07) is 11.8. The molecule has 0 saturated heterocycles. The Morgan fingerprint density at radius 1 is 0.583 bits per heavy atom. The maximum atomic E-state index is 13.5. The van der Waals surface area contributed by atoms with E-state index < -0.39 is 34.9 Å². The van der Waals surface area contributed by atoms with Crippen LogP contribution in [0.5, 0.6) is 0 Å². The van der Waals surface area contributed by atoms with Gasteiger partial charge in [0.2, 0.25) is 0 Å². The van der Waals surface area contributed by atoms with Gasteiger partial charge in [0.1, 0.15) is 0 Å². The fourth-order valence-electron chi connectivity index (χ4n) is 3.42. The molecule has 0 amide bonds. The van der Waals surface area contributed by atoms with Crippen LogP contribution in [0.2, 0.25) is 0 Å². The third-order valence-electron chi connectivity index (χ3n) is 4.82. The molecule has 0 radical (unpaired) electrons. The molecule has 0 atom stereocenters. The Hall–Kier alpha value is -2.71. The van der Waals surface area contributed by atoms with E-state index in [1.807, 2.05) is 12.1 Å². The molecule has 36 heavy (non-hydrogen) atoms. The summed E-state index contributed by atoms with van der Waals surface area (Å²) in [6.45, 7) is 11.9. The van der Waals surface area contributed by atoms with Gasteiger partial charge in [0.15, 0.2) is 0 Å². The average Bonchev–Trinajstić information content (AvgIpc) is 3.25. The number of rotatable bonds is 2. The standard InChI is InChI=1S/2C12H9F3N.C2H5.CH3.Ti/c2*1-7-3-4-8(2)16(7)12-10(14)5-9(13)6-11(12)15;1-2;;/h2*3-5H,1-2H3;1H2,2H3;1H3;/q4*-1;+4. The van der Waals surface area contributed by atoms with Crippen LogP contribution in [-0.4, -0.2) is 9.13 Å². The Bertz CT molecular complexity index is 1110. The predicted octanol–water partition coefficient (Wildman–Crippen LogP) is 7.91. The largest absolute Gasteiger partial charge is 4.00 e. The molecule has 0 aliphatic carbocycles. The van der Waals surface area contributed by atoms with E-state index in [0.29, 0.717) is 34.9 Å². The number of aryl methyl sites for hydroxylation is 4. The van der Waals surface area contributed by atoms with Gasteiger partial charge in [-0.15, -0.1) is 12.1 Å². The van der Waals surface area contributed by atoms with Crippen LogP contribution >= 0.6 is 0 Å². The van der Waals surface area contributed by atoms with Gasteiger partial charge in [0.25, 0.3) is 0 Å². The zero-order valence-electron chi connectivity index (χ0n) is 20.8. The van der Waals surface area contributed by atoms with Crippen molar-refractivity contribution < 1.29 is 48.1 Å². The Morgan fingerprint density at radius 2 is 0.833 bits per heavy atom. The summed E-state index contributed by atoms with van der Waals surface area (Å²) in [5.41, 5.74) is 2.12. The third kappa shape index (κ3) is 7.17. The summed E-state index contributed by atoms with van der Waals surface area (Å²) in [7, 11) is 0. The minimum Gasteiger partial charge on any atom is -0.367 e. The molecular formula is C27H26F6N2Ti. The number of halogens is 6. The first-order chi connectivity index (χ1) is 16.0. The maximum absolute atomic E-state index is 13.5. The summed E-state index contributed by atoms with van der Waals surface area (Å²) >= 11 is 0. The molecule has 0 bridgehead atoms. The molecule has 4 rings (SSSR count). The molecule has 2 aromatic carbocycles. The summed E-state index contributed by atoms with van der Waals surface area (Å²) in [5.74, 6) is -6.01. The molecule has 0 N–H and O–H groups in total. The van der Waals surface area contributed by atoms with Crippen molar-refractivity contribution >= 4 is 0 Å². The summed E-state index contributed by atoms with van der Waals surface area (Å²) in [4.78, 5) is 0. The van der Waals surface area contributed by atoms with Crippen LogP contribution in [0.4, 0.5) is 26.3 Å². The number of benzene rings is 2. The van der Waals surface area contributed by atoms with Gasteiger partial charge >= 0.3 is 21.7 Å². The molecular weight excluding hydrogens is 514 g/mol. The first-order valence-electron chi connectivity index (χ1n) is 10.2. The quantitative estimate of drug-likeness (QED) is 0.139. The summed E-state index contributed by atoms with van der Waals surface area (Å²) in [6.07, 6.45) is 0. The average molecular weight is 540 g/mol. The topological polar surface area (TPSA) is 9.86 Å². The van der Waals surface area contributed by atoms with Crippen LogP contribution in [0, 0.1) is 89.1 Å². The van der Waals surface area contributed by atoms with Gasteiger partial charge in [-0.25, -0.2) is 26.3 Å². The van der Waals surface area contributed by atoms with Gasteiger partial charge in [0, 0.05) is 69.1 Å². The molecule has 190 valence electrons. The first kappa shape index (κ1) is 33.3. The van der Waals surface area contributed by atoms with Gasteiger partial charge < -0.3 is 23.5 Å². The molecule has 9 heteroatoms. The summed E-state index contributed by atoms with van der Waals surface area (Å²) < 4.78 is 82.2. The van der Waals surface area contributed by atoms with Crippen LogP contribution in [0.1, 0.15) is 29.7 Å². The van der Waals surface area contributed by atoms with Crippen LogP contribution < -0.4 is 0 Å². The second-order valence-corrected chi connectivity index (χ2v) is 7.16. The molecule has 2 aromatic heterocycles. The SMILES string of the molecule is Cc1ccc(C)n1-c1c(F)[c-]c(F)cc1F.Cc1ccc(C)n1-c1c(F)[c-]c(F)cc1F.[CH2-]C.[CH3-].[Ti+4]. The molecule has 2 heterocycles. The van der Waals surface area contributed by atoms with E-state index in [-0.39, 0.29) is 40.5 Å². The van der Waals surface area contributed by atoms with E-state index in [9.17, 15) is 26.3 Å². The second kappa shape index (κ2) is 14.1. The first-order valence-corrected chi connectivity index (χ1v) is 10.2. The Labute approximate surface area is 223 Å². The van der Waals surface area contributed by atoms with Gasteiger partial charge in [-0.05, 0) is 52.0 Å². The van der Waals surface area contributed by atoms with Crippen molar-refractivity contribution in [2.45, 2.75) is 34.6 Å². The third-order valence-corrected chi connectivity index (χ3v) is 4.82. The predicted molar refractivity (Wildman–Crippen MR) is 125 cm³/mol. The number of hydrogen-bond donors (Lipinski definition) is 0. The van der Waals surface area contributed by atoms with Crippen LogP contribution in [0.15, 0.2) is 36.4 Å². The van der Waals surface area contributed by atoms with E-state index in [0.717, 1.165) is 0 Å². The maximum Gasteiger partial charge on any atom is 4.00 e.